The number of aromatic nitrogens is 1. The third-order valence-electron chi connectivity index (χ3n) is 4.27. The molecule has 0 amide bonds. The van der Waals surface area contributed by atoms with Crippen LogP contribution in [0.5, 0.6) is 5.75 Å². The van der Waals surface area contributed by atoms with E-state index in [4.69, 9.17) is 0 Å². The zero-order valence-electron chi connectivity index (χ0n) is 18.5. The van der Waals surface area contributed by atoms with E-state index >= 15 is 0 Å². The van der Waals surface area contributed by atoms with E-state index in [1.807, 2.05) is 0 Å². The summed E-state index contributed by atoms with van der Waals surface area (Å²) in [7, 11) is 0. The zero-order valence-corrected chi connectivity index (χ0v) is 18.5. The van der Waals surface area contributed by atoms with Crippen LogP contribution in [0.25, 0.3) is 0 Å². The van der Waals surface area contributed by atoms with Crippen LogP contribution in [-0.2, 0) is 10.8 Å². The standard InChI is InChI=1S/C14H23N.C6H3N3O7/c1-10-8-11(13(2,3)4)15-12(9-10)14(5,6)7;10-6-4(8(13)14)1-3(7(11)12)2-5(6)9(15)16/h8-9H,1-7H3;1-2,10H. The Balaban J connectivity index is 0.000000311. The van der Waals surface area contributed by atoms with Gasteiger partial charge >= 0.3 is 0 Å². The molecule has 0 aliphatic heterocycles. The van der Waals surface area contributed by atoms with Crippen molar-refractivity contribution < 1.29 is 24.9 Å². The van der Waals surface area contributed by atoms with E-state index in [0.717, 1.165) is 0 Å². The summed E-state index contributed by atoms with van der Waals surface area (Å²) in [5.74, 6) is -1.46. The Bertz CT molecular complexity index is 954. The summed E-state index contributed by atoms with van der Waals surface area (Å²) in [6.45, 7) is 15.6. The second-order valence-corrected chi connectivity index (χ2v) is 9.07. The predicted octanol–water partition coefficient (Wildman–Crippen LogP) is 3.89. The van der Waals surface area contributed by atoms with Crippen molar-refractivity contribution in [2.75, 3.05) is 0 Å². The van der Waals surface area contributed by atoms with E-state index in [-0.39, 0.29) is 10.8 Å². The van der Waals surface area contributed by atoms with Gasteiger partial charge in [0.05, 0.1) is 32.7 Å². The highest BCUT2D eigenvalue weighted by Crippen LogP contribution is 2.36. The Labute approximate surface area is 179 Å². The Hall–Kier alpha value is -3.63. The molecule has 1 aromatic heterocycles. The molecule has 0 saturated heterocycles. The molecule has 168 valence electrons. The van der Waals surface area contributed by atoms with Gasteiger partial charge in [0.25, 0.3) is 17.1 Å². The lowest BCUT2D eigenvalue weighted by atomic mass is 9.87. The second kappa shape index (κ2) is 9.02. The van der Waals surface area contributed by atoms with Gasteiger partial charge < -0.3 is 5.11 Å². The molecular weight excluding hydrogens is 408 g/mol. The average Bonchev–Trinajstić information content (AvgIpc) is 2.59. The maximum atomic E-state index is 11.1. The number of nitro groups is 3. The molecule has 0 unspecified atom stereocenters. The van der Waals surface area contributed by atoms with Crippen molar-refractivity contribution in [2.45, 2.75) is 59.3 Å². The molecule has 31 heavy (non-hydrogen) atoms. The van der Waals surface area contributed by atoms with Gasteiger partial charge in [0.2, 0.25) is 0 Å². The summed E-state index contributed by atoms with van der Waals surface area (Å²) in [5, 5.41) is 42.1. The average molecular weight is 434 g/mol. The first-order valence-electron chi connectivity index (χ1n) is 9.28. The first kappa shape index (κ1) is 25.4. The number of nitrogens with one attached hydrogen (secondary N) is 1. The van der Waals surface area contributed by atoms with E-state index in [2.05, 4.69) is 65.6 Å². The van der Waals surface area contributed by atoms with Crippen LogP contribution < -0.4 is 10.1 Å². The molecule has 1 aromatic carbocycles. The largest absolute Gasteiger partial charge is 0.863 e. The molecule has 1 heterocycles. The second-order valence-electron chi connectivity index (χ2n) is 9.07. The molecule has 0 radical (unpaired) electrons. The highest BCUT2D eigenvalue weighted by Gasteiger charge is 2.27. The normalized spacial score (nSPS) is 11.3. The Morgan fingerprint density at radius 1 is 0.710 bits per heavy atom. The monoisotopic (exact) mass is 434 g/mol. The van der Waals surface area contributed by atoms with Crippen molar-refractivity contribution in [3.8, 4) is 5.75 Å². The highest BCUT2D eigenvalue weighted by molar-refractivity contribution is 5.64. The molecule has 2 rings (SSSR count). The van der Waals surface area contributed by atoms with Gasteiger partial charge in [0.1, 0.15) is 0 Å². The van der Waals surface area contributed by atoms with Crippen LogP contribution in [0.2, 0.25) is 0 Å². The number of hydrogen-bond donors (Lipinski definition) is 0. The van der Waals surface area contributed by atoms with E-state index in [9.17, 15) is 35.4 Å². The van der Waals surface area contributed by atoms with Gasteiger partial charge in [-0.05, 0) is 12.5 Å². The fraction of sp³-hybridized carbons (Fsp3) is 0.450. The third-order valence-corrected chi connectivity index (χ3v) is 4.27. The van der Waals surface area contributed by atoms with Crippen LogP contribution in [0.15, 0.2) is 24.3 Å². The van der Waals surface area contributed by atoms with Gasteiger partial charge in [-0.25, -0.2) is 4.98 Å². The first-order chi connectivity index (χ1) is 13.9. The number of H-pyrrole nitrogens is 1. The fourth-order valence-electron chi connectivity index (χ4n) is 2.48. The number of nitro benzene ring substituents is 3. The number of benzene rings is 1. The summed E-state index contributed by atoms with van der Waals surface area (Å²) < 4.78 is 0. The lowest BCUT2D eigenvalue weighted by Gasteiger charge is -2.18. The number of aromatic amines is 1. The summed E-state index contributed by atoms with van der Waals surface area (Å²) in [6, 6.07) is 5.26. The molecule has 2 aromatic rings. The predicted molar refractivity (Wildman–Crippen MR) is 111 cm³/mol. The van der Waals surface area contributed by atoms with Crippen LogP contribution in [-0.4, -0.2) is 14.8 Å². The van der Waals surface area contributed by atoms with E-state index in [0.29, 0.717) is 12.1 Å². The number of aryl methyl sites for hydroxylation is 1. The van der Waals surface area contributed by atoms with Crippen molar-refractivity contribution in [1.29, 1.82) is 0 Å². The highest BCUT2D eigenvalue weighted by atomic mass is 16.6. The molecule has 11 nitrogen and oxygen atoms in total. The van der Waals surface area contributed by atoms with Gasteiger partial charge in [-0.15, -0.1) is 0 Å². The van der Waals surface area contributed by atoms with Gasteiger partial charge in [-0.1, -0.05) is 41.5 Å². The zero-order chi connectivity index (χ0) is 24.3. The molecule has 0 fully saturated rings. The molecule has 0 aliphatic rings. The molecule has 0 saturated carbocycles. The first-order valence-corrected chi connectivity index (χ1v) is 9.28. The third kappa shape index (κ3) is 6.69. The molecule has 0 bridgehead atoms. The lowest BCUT2D eigenvalue weighted by molar-refractivity contribution is -0.420. The van der Waals surface area contributed by atoms with Gasteiger partial charge in [-0.2, -0.15) is 0 Å². The molecular formula is C20H26N4O7. The quantitative estimate of drug-likeness (QED) is 0.521. The van der Waals surface area contributed by atoms with E-state index < -0.39 is 37.6 Å². The minimum atomic E-state index is -1.46. The number of non-ortho nitro benzene ring substituents is 1. The number of pyridine rings is 1. The maximum absolute atomic E-state index is 11.1. The van der Waals surface area contributed by atoms with Crippen molar-refractivity contribution in [2.24, 2.45) is 0 Å². The van der Waals surface area contributed by atoms with Gasteiger partial charge in [0.15, 0.2) is 11.4 Å². The Kier molecular flexibility index (Phi) is 7.40. The summed E-state index contributed by atoms with van der Waals surface area (Å²) in [6.07, 6.45) is 0. The molecule has 0 aliphatic carbocycles. The van der Waals surface area contributed by atoms with Crippen molar-refractivity contribution in [1.82, 2.24) is 0 Å². The Morgan fingerprint density at radius 3 is 1.32 bits per heavy atom. The molecule has 0 atom stereocenters. The minimum Gasteiger partial charge on any atom is -0.863 e. The lowest BCUT2D eigenvalue weighted by Crippen LogP contribution is -2.32. The SMILES string of the molecule is Cc1cc(C(C)(C)C)[nH+]c(C(C)(C)C)c1.O=[N+]([O-])c1cc([N+](=O)[O-])c([O-])c([N+](=O)[O-])c1. The van der Waals surface area contributed by atoms with E-state index in [1.54, 1.807) is 0 Å². The summed E-state index contributed by atoms with van der Waals surface area (Å²) in [4.78, 5) is 31.1. The number of hydrogen-bond acceptors (Lipinski definition) is 7. The van der Waals surface area contributed by atoms with Gasteiger partial charge in [-0.3, -0.25) is 30.3 Å². The number of rotatable bonds is 3. The minimum absolute atomic E-state index is 0.187. The maximum Gasteiger partial charge on any atom is 0.283 e. The van der Waals surface area contributed by atoms with Crippen molar-refractivity contribution in [3.05, 3.63) is 71.6 Å². The molecule has 11 heteroatoms. The fourth-order valence-corrected chi connectivity index (χ4v) is 2.48. The van der Waals surface area contributed by atoms with Crippen LogP contribution in [0.3, 0.4) is 0 Å². The Morgan fingerprint density at radius 2 is 1.06 bits per heavy atom. The molecule has 1 N–H and O–H groups in total. The van der Waals surface area contributed by atoms with Crippen LogP contribution >= 0.6 is 0 Å². The van der Waals surface area contributed by atoms with Crippen LogP contribution in [0.1, 0.15) is 58.5 Å². The topological polar surface area (TPSA) is 167 Å². The van der Waals surface area contributed by atoms with Crippen LogP contribution in [0, 0.1) is 37.3 Å². The van der Waals surface area contributed by atoms with Crippen LogP contribution in [0.4, 0.5) is 17.1 Å². The number of nitrogens with zero attached hydrogens (tertiary/aromatic N) is 3. The smallest absolute Gasteiger partial charge is 0.283 e. The summed E-state index contributed by atoms with van der Waals surface area (Å²) >= 11 is 0. The van der Waals surface area contributed by atoms with Crippen molar-refractivity contribution in [3.63, 3.8) is 0 Å². The summed E-state index contributed by atoms with van der Waals surface area (Å²) in [5.41, 5.74) is 1.07. The van der Waals surface area contributed by atoms with Gasteiger partial charge in [0, 0.05) is 23.0 Å². The van der Waals surface area contributed by atoms with E-state index in [1.165, 1.54) is 17.0 Å². The van der Waals surface area contributed by atoms with Crippen molar-refractivity contribution >= 4 is 17.1 Å². The molecule has 0 spiro atoms.